The van der Waals surface area contributed by atoms with Gasteiger partial charge in [-0.2, -0.15) is 4.98 Å². The van der Waals surface area contributed by atoms with Gasteiger partial charge in [0.2, 0.25) is 22.4 Å². The number of aryl methyl sites for hydroxylation is 1. The molecule has 0 saturated carbocycles. The van der Waals surface area contributed by atoms with Gasteiger partial charge >= 0.3 is 5.97 Å². The number of benzene rings is 1. The van der Waals surface area contributed by atoms with Crippen LogP contribution in [0.15, 0.2) is 57.9 Å². The maximum Gasteiger partial charge on any atom is 0.352 e. The van der Waals surface area contributed by atoms with Crippen molar-refractivity contribution in [1.82, 2.24) is 56.0 Å². The number of tetrazole rings is 1. The number of carbonyl (C=O) groups excluding carboxylic acids is 3. The molecular weight excluding hydrogens is 705 g/mol. The van der Waals surface area contributed by atoms with Crippen molar-refractivity contribution in [3.63, 3.8) is 0 Å². The smallest absolute Gasteiger partial charge is 0.352 e. The van der Waals surface area contributed by atoms with Crippen LogP contribution in [-0.2, 0) is 21.4 Å². The van der Waals surface area contributed by atoms with Crippen molar-refractivity contribution in [3.05, 3.63) is 69.3 Å². The van der Waals surface area contributed by atoms with Gasteiger partial charge in [-0.05, 0) is 33.7 Å². The molecule has 3 aliphatic heterocycles. The van der Waals surface area contributed by atoms with Crippen molar-refractivity contribution in [2.45, 2.75) is 22.6 Å². The lowest BCUT2D eigenvalue weighted by Gasteiger charge is -2.49. The number of piperazine rings is 1. The summed E-state index contributed by atoms with van der Waals surface area (Å²) in [6, 6.07) is 2.98. The molecule has 21 heteroatoms. The predicted octanol–water partition coefficient (Wildman–Crippen LogP) is -1.04. The number of H-pyrrole nitrogens is 1. The predicted molar refractivity (Wildman–Crippen MR) is 183 cm³/mol. The maximum absolute atomic E-state index is 13.8. The number of aliphatic carboxylic acids is 1. The Labute approximate surface area is 296 Å². The Morgan fingerprint density at radius 2 is 1.92 bits per heavy atom. The Bertz CT molecular complexity index is 2130. The minimum absolute atomic E-state index is 0.0787. The number of phenolic OH excluding ortho intramolecular Hbond substituents is 1. The highest BCUT2D eigenvalue weighted by Crippen LogP contribution is 2.41. The van der Waals surface area contributed by atoms with Crippen molar-refractivity contribution >= 4 is 64.2 Å². The molecule has 6 heterocycles. The van der Waals surface area contributed by atoms with E-state index in [1.54, 1.807) is 7.05 Å². The van der Waals surface area contributed by atoms with E-state index in [4.69, 9.17) is 0 Å². The summed E-state index contributed by atoms with van der Waals surface area (Å²) in [5, 5.41) is 39.4. The van der Waals surface area contributed by atoms with Crippen LogP contribution in [-0.4, -0.2) is 123 Å². The first-order valence-electron chi connectivity index (χ1n) is 15.6. The first-order chi connectivity index (χ1) is 24.6. The monoisotopic (exact) mass is 734 g/mol. The average Bonchev–Trinajstić information content (AvgIpc) is 3.56. The van der Waals surface area contributed by atoms with Crippen LogP contribution in [0.5, 0.6) is 5.75 Å². The molecule has 7 rings (SSSR count). The van der Waals surface area contributed by atoms with Gasteiger partial charge in [0, 0.05) is 57.1 Å². The second kappa shape index (κ2) is 14.0. The number of hydrogen-bond donors (Lipinski definition) is 6. The molecule has 2 saturated heterocycles. The van der Waals surface area contributed by atoms with Gasteiger partial charge < -0.3 is 36.0 Å². The van der Waals surface area contributed by atoms with E-state index in [2.05, 4.69) is 46.4 Å². The zero-order chi connectivity index (χ0) is 35.8. The third-order valence-electron chi connectivity index (χ3n) is 8.53. The van der Waals surface area contributed by atoms with Gasteiger partial charge in [0.25, 0.3) is 11.8 Å². The average molecular weight is 735 g/mol. The minimum atomic E-state index is -1.41. The van der Waals surface area contributed by atoms with E-state index in [9.17, 15) is 34.2 Å². The minimum Gasteiger partial charge on any atom is -0.508 e. The SMILES string of the molecule is Cn1nnnc1SCC1=C(C(=O)O)N2C(=O)C(NC(=O)C(NC(=O)c3c[nH]c4nc(N5CCNCC5)ncc4c3=O)c3ccc(O)cc3)[C@H]2SC1. The number of carboxylic acids is 1. The van der Waals surface area contributed by atoms with Crippen LogP contribution in [0.2, 0.25) is 0 Å². The molecule has 3 aliphatic rings. The summed E-state index contributed by atoms with van der Waals surface area (Å²) in [6.45, 7) is 2.93. The van der Waals surface area contributed by atoms with Gasteiger partial charge in [-0.3, -0.25) is 24.1 Å². The molecule has 2 fully saturated rings. The second-order valence-electron chi connectivity index (χ2n) is 11.7. The molecule has 0 radical (unpaired) electrons. The maximum atomic E-state index is 13.8. The molecule has 0 spiro atoms. The summed E-state index contributed by atoms with van der Waals surface area (Å²) >= 11 is 2.51. The number of rotatable bonds is 10. The van der Waals surface area contributed by atoms with Gasteiger partial charge in [0.15, 0.2) is 0 Å². The van der Waals surface area contributed by atoms with E-state index in [1.165, 1.54) is 64.9 Å². The number of carbonyl (C=O) groups is 4. The topological polar surface area (TPSA) is 254 Å². The number of phenols is 1. The zero-order valence-electron chi connectivity index (χ0n) is 26.8. The number of carboxylic acid groups (broad SMARTS) is 1. The summed E-state index contributed by atoms with van der Waals surface area (Å²) in [7, 11) is 1.65. The Balaban J connectivity index is 1.09. The zero-order valence-corrected chi connectivity index (χ0v) is 28.4. The fraction of sp³-hybridized carbons (Fsp3) is 0.333. The number of thioether (sulfide) groups is 2. The van der Waals surface area contributed by atoms with E-state index in [1.807, 2.05) is 4.90 Å². The van der Waals surface area contributed by atoms with Crippen LogP contribution in [0.1, 0.15) is 22.0 Å². The fourth-order valence-electron chi connectivity index (χ4n) is 5.89. The first kappa shape index (κ1) is 33.9. The van der Waals surface area contributed by atoms with Crippen molar-refractivity contribution in [3.8, 4) is 5.75 Å². The number of anilines is 1. The molecular formula is C30H30N12O7S2. The fourth-order valence-corrected chi connectivity index (χ4v) is 8.22. The summed E-state index contributed by atoms with van der Waals surface area (Å²) in [5.74, 6) is -2.74. The van der Waals surface area contributed by atoms with Gasteiger partial charge in [0.05, 0.1) is 5.39 Å². The number of fused-ring (bicyclic) bond motifs is 2. The van der Waals surface area contributed by atoms with E-state index in [-0.39, 0.29) is 45.1 Å². The van der Waals surface area contributed by atoms with Crippen LogP contribution in [0.3, 0.4) is 0 Å². The Morgan fingerprint density at radius 1 is 1.16 bits per heavy atom. The van der Waals surface area contributed by atoms with E-state index in [0.717, 1.165) is 18.0 Å². The molecule has 1 aromatic carbocycles. The number of aromatic amines is 1. The number of amides is 3. The lowest BCUT2D eigenvalue weighted by atomic mass is 10.0. The summed E-state index contributed by atoms with van der Waals surface area (Å²) in [6.07, 6.45) is 2.56. The van der Waals surface area contributed by atoms with Crippen LogP contribution in [0.4, 0.5) is 5.95 Å². The van der Waals surface area contributed by atoms with Crippen LogP contribution >= 0.6 is 23.5 Å². The van der Waals surface area contributed by atoms with Crippen LogP contribution in [0.25, 0.3) is 11.0 Å². The second-order valence-corrected chi connectivity index (χ2v) is 13.8. The van der Waals surface area contributed by atoms with Crippen molar-refractivity contribution in [2.75, 3.05) is 42.6 Å². The largest absolute Gasteiger partial charge is 0.508 e. The third kappa shape index (κ3) is 6.57. The number of aromatic hydroxyl groups is 1. The van der Waals surface area contributed by atoms with Crippen molar-refractivity contribution in [2.24, 2.45) is 7.05 Å². The molecule has 3 aromatic heterocycles. The molecule has 3 amide bonds. The highest BCUT2D eigenvalue weighted by molar-refractivity contribution is 8.01. The normalized spacial score (nSPS) is 19.4. The molecule has 19 nitrogen and oxygen atoms in total. The third-order valence-corrected chi connectivity index (χ3v) is 11.0. The number of nitrogens with zero attached hydrogens (tertiary/aromatic N) is 8. The highest BCUT2D eigenvalue weighted by atomic mass is 32.2. The first-order valence-corrected chi connectivity index (χ1v) is 17.6. The van der Waals surface area contributed by atoms with Crippen molar-refractivity contribution in [1.29, 1.82) is 0 Å². The standard InChI is InChI=1S/C30H30N12O7S2/c1-40-30(37-38-39-40)51-13-15-12-50-27-20(26(47)42(27)21(15)28(48)49)35-25(46)19(14-2-4-16(43)5-3-14)34-24(45)18-11-32-23-17(22(18)44)10-33-29(36-23)41-8-6-31-7-9-41/h2-5,10-11,19-20,27,31,43H,6-9,12-13H2,1H3,(H,34,45)(H,35,46)(H,48,49)(H,32,33,36,44)/t19?,20?,27-/m1/s1. The van der Waals surface area contributed by atoms with E-state index < -0.39 is 46.6 Å². The highest BCUT2D eigenvalue weighted by Gasteiger charge is 2.54. The quantitative estimate of drug-likeness (QED) is 0.0840. The van der Waals surface area contributed by atoms with E-state index in [0.29, 0.717) is 29.8 Å². The van der Waals surface area contributed by atoms with Crippen molar-refractivity contribution < 1.29 is 29.4 Å². The van der Waals surface area contributed by atoms with Gasteiger partial charge in [-0.15, -0.1) is 16.9 Å². The van der Waals surface area contributed by atoms with E-state index >= 15 is 0 Å². The molecule has 6 N–H and O–H groups in total. The molecule has 0 aliphatic carbocycles. The van der Waals surface area contributed by atoms with Gasteiger partial charge in [0.1, 0.15) is 40.1 Å². The molecule has 3 atom stereocenters. The number of aromatic nitrogens is 7. The van der Waals surface area contributed by atoms with Crippen LogP contribution in [0, 0.1) is 0 Å². The molecule has 0 bridgehead atoms. The molecule has 264 valence electrons. The van der Waals surface area contributed by atoms with Gasteiger partial charge in [-0.1, -0.05) is 23.9 Å². The lowest BCUT2D eigenvalue weighted by Crippen LogP contribution is -2.71. The summed E-state index contributed by atoms with van der Waals surface area (Å²) in [5.41, 5.74) is -0.129. The number of pyridine rings is 1. The van der Waals surface area contributed by atoms with Crippen LogP contribution < -0.4 is 26.3 Å². The molecule has 4 aromatic rings. The Morgan fingerprint density at radius 3 is 2.63 bits per heavy atom. The lowest BCUT2D eigenvalue weighted by molar-refractivity contribution is -0.151. The molecule has 2 unspecified atom stereocenters. The Hall–Kier alpha value is -5.54. The number of β-lactam (4-membered cyclic amide) rings is 1. The summed E-state index contributed by atoms with van der Waals surface area (Å²) < 4.78 is 1.45. The Kier molecular flexibility index (Phi) is 9.31. The molecule has 51 heavy (non-hydrogen) atoms. The summed E-state index contributed by atoms with van der Waals surface area (Å²) in [4.78, 5) is 81.3. The number of nitrogens with one attached hydrogen (secondary N) is 4. The number of hydrogen-bond acceptors (Lipinski definition) is 15. The van der Waals surface area contributed by atoms with Gasteiger partial charge in [-0.25, -0.2) is 14.5 Å².